The fourth-order valence-electron chi connectivity index (χ4n) is 2.93. The number of quaternary nitrogens is 1. The van der Waals surface area contributed by atoms with E-state index in [1.54, 1.807) is 0 Å². The molecule has 0 aromatic carbocycles. The normalized spacial score (nSPS) is 12.5. The quantitative estimate of drug-likeness (QED) is 0.397. The van der Waals surface area contributed by atoms with Gasteiger partial charge >= 0.3 is 5.97 Å². The molecule has 0 fully saturated rings. The number of carbonyl (C=O) groups is 1. The van der Waals surface area contributed by atoms with Gasteiger partial charge in [-0.15, -0.1) is 0 Å². The monoisotopic (exact) mass is 314 g/mol. The number of carboxylic acid groups (broad SMARTS) is 1. The first kappa shape index (κ1) is 21.4. The molecule has 22 heavy (non-hydrogen) atoms. The van der Waals surface area contributed by atoms with Gasteiger partial charge in [-0.25, -0.2) is 0 Å². The van der Waals surface area contributed by atoms with Crippen LogP contribution >= 0.6 is 0 Å². The van der Waals surface area contributed by atoms with Gasteiger partial charge in [0.15, 0.2) is 0 Å². The van der Waals surface area contributed by atoms with Crippen molar-refractivity contribution in [2.75, 3.05) is 20.1 Å². The largest absolute Gasteiger partial charge is 0.481 e. The fraction of sp³-hybridized carbons (Fsp3) is 0.947. The predicted molar refractivity (Wildman–Crippen MR) is 94.6 cm³/mol. The molecule has 3 heteroatoms. The molecule has 1 unspecified atom stereocenters. The Kier molecular flexibility index (Phi) is 16.4. The molecule has 0 rings (SSSR count). The summed E-state index contributed by atoms with van der Waals surface area (Å²) in [6.45, 7) is 4.46. The minimum absolute atomic E-state index is 0.315. The van der Waals surface area contributed by atoms with Crippen molar-refractivity contribution < 1.29 is 14.8 Å². The number of unbranched alkanes of at least 4 members (excludes halogenated alkanes) is 11. The molecule has 0 aromatic heterocycles. The average Bonchev–Trinajstić information content (AvgIpc) is 2.48. The van der Waals surface area contributed by atoms with E-state index in [4.69, 9.17) is 5.11 Å². The van der Waals surface area contributed by atoms with Gasteiger partial charge < -0.3 is 10.0 Å². The van der Waals surface area contributed by atoms with Crippen molar-refractivity contribution in [3.05, 3.63) is 0 Å². The Morgan fingerprint density at radius 2 is 1.14 bits per heavy atom. The lowest BCUT2D eigenvalue weighted by Crippen LogP contribution is -3.09. The van der Waals surface area contributed by atoms with Crippen molar-refractivity contribution in [1.29, 1.82) is 0 Å². The molecule has 0 aliphatic carbocycles. The van der Waals surface area contributed by atoms with E-state index in [-0.39, 0.29) is 0 Å². The molecular weight excluding hydrogens is 274 g/mol. The summed E-state index contributed by atoms with van der Waals surface area (Å²) in [7, 11) is 2.18. The van der Waals surface area contributed by atoms with Gasteiger partial charge in [0.25, 0.3) is 0 Å². The summed E-state index contributed by atoms with van der Waals surface area (Å²) in [5.41, 5.74) is 0. The van der Waals surface area contributed by atoms with Crippen LogP contribution in [0.25, 0.3) is 0 Å². The van der Waals surface area contributed by atoms with Gasteiger partial charge in [-0.05, 0) is 12.8 Å². The maximum absolute atomic E-state index is 10.4. The van der Waals surface area contributed by atoms with E-state index < -0.39 is 5.97 Å². The lowest BCUT2D eigenvalue weighted by atomic mass is 10.1. The number of carboxylic acids is 1. The number of aliphatic carboxylic acids is 1. The van der Waals surface area contributed by atoms with Gasteiger partial charge in [-0.1, -0.05) is 71.1 Å². The molecule has 0 saturated carbocycles. The van der Waals surface area contributed by atoms with Crippen molar-refractivity contribution in [1.82, 2.24) is 0 Å². The van der Waals surface area contributed by atoms with Crippen molar-refractivity contribution in [2.45, 2.75) is 96.8 Å². The zero-order valence-corrected chi connectivity index (χ0v) is 15.2. The zero-order valence-electron chi connectivity index (χ0n) is 15.2. The van der Waals surface area contributed by atoms with E-state index in [1.807, 2.05) is 0 Å². The second-order valence-corrected chi connectivity index (χ2v) is 6.84. The highest BCUT2D eigenvalue weighted by molar-refractivity contribution is 5.66. The summed E-state index contributed by atoms with van der Waals surface area (Å²) in [6.07, 6.45) is 17.8. The number of rotatable bonds is 17. The Balaban J connectivity index is 3.11. The number of hydrogen-bond donors (Lipinski definition) is 2. The van der Waals surface area contributed by atoms with Crippen molar-refractivity contribution in [3.8, 4) is 0 Å². The highest BCUT2D eigenvalue weighted by Gasteiger charge is 2.03. The molecule has 2 N–H and O–H groups in total. The molecule has 0 spiro atoms. The molecule has 132 valence electrons. The first-order valence-electron chi connectivity index (χ1n) is 9.70. The van der Waals surface area contributed by atoms with Gasteiger partial charge in [-0.3, -0.25) is 4.79 Å². The molecule has 0 bridgehead atoms. The number of hydrogen-bond acceptors (Lipinski definition) is 1. The molecule has 0 aliphatic rings. The molecule has 0 heterocycles. The van der Waals surface area contributed by atoms with Crippen LogP contribution in [0.4, 0.5) is 0 Å². The zero-order chi connectivity index (χ0) is 16.5. The van der Waals surface area contributed by atoms with Crippen LogP contribution < -0.4 is 4.90 Å². The summed E-state index contributed by atoms with van der Waals surface area (Å²) in [5, 5.41) is 8.61. The van der Waals surface area contributed by atoms with Crippen LogP contribution in [-0.2, 0) is 4.79 Å². The summed E-state index contributed by atoms with van der Waals surface area (Å²) in [6, 6.07) is 0. The Hall–Kier alpha value is -0.570. The fourth-order valence-corrected chi connectivity index (χ4v) is 2.93. The van der Waals surface area contributed by atoms with E-state index in [2.05, 4.69) is 14.0 Å². The van der Waals surface area contributed by atoms with Gasteiger partial charge in [0.2, 0.25) is 0 Å². The maximum atomic E-state index is 10.4. The number of nitrogens with one attached hydrogen (secondary N) is 1. The summed E-state index contributed by atoms with van der Waals surface area (Å²) < 4.78 is 0. The SMILES string of the molecule is CCCCCCCCCCCCCC[NH+](C)CCCC(=O)O. The Labute approximate surface area is 138 Å². The van der Waals surface area contributed by atoms with Gasteiger partial charge in [0.05, 0.1) is 26.6 Å². The average molecular weight is 315 g/mol. The highest BCUT2D eigenvalue weighted by Crippen LogP contribution is 2.11. The molecule has 1 atom stereocenters. The van der Waals surface area contributed by atoms with Crippen LogP contribution in [0, 0.1) is 0 Å². The smallest absolute Gasteiger partial charge is 0.303 e. The Bertz CT molecular complexity index is 244. The van der Waals surface area contributed by atoms with E-state index in [1.165, 1.54) is 88.5 Å². The van der Waals surface area contributed by atoms with Crippen LogP contribution in [0.3, 0.4) is 0 Å². The van der Waals surface area contributed by atoms with Crippen molar-refractivity contribution in [2.24, 2.45) is 0 Å². The summed E-state index contributed by atoms with van der Waals surface area (Å²) in [5.74, 6) is -0.668. The molecule has 0 aromatic rings. The Morgan fingerprint density at radius 3 is 1.59 bits per heavy atom. The summed E-state index contributed by atoms with van der Waals surface area (Å²) in [4.78, 5) is 11.9. The lowest BCUT2D eigenvalue weighted by molar-refractivity contribution is -0.880. The standard InChI is InChI=1S/C19H39NO2/c1-3-4-5-6-7-8-9-10-11-12-13-14-17-20(2)18-15-16-19(21)22/h3-18H2,1-2H3,(H,21,22)/p+1. The van der Waals surface area contributed by atoms with E-state index in [0.717, 1.165) is 13.0 Å². The molecule has 3 nitrogen and oxygen atoms in total. The van der Waals surface area contributed by atoms with Gasteiger partial charge in [0, 0.05) is 6.42 Å². The van der Waals surface area contributed by atoms with Crippen LogP contribution in [0.1, 0.15) is 96.8 Å². The molecule has 0 saturated heterocycles. The first-order valence-corrected chi connectivity index (χ1v) is 9.70. The van der Waals surface area contributed by atoms with Gasteiger partial charge in [-0.2, -0.15) is 0 Å². The van der Waals surface area contributed by atoms with Crippen molar-refractivity contribution in [3.63, 3.8) is 0 Å². The van der Waals surface area contributed by atoms with Crippen LogP contribution in [-0.4, -0.2) is 31.2 Å². The van der Waals surface area contributed by atoms with Crippen LogP contribution in [0.2, 0.25) is 0 Å². The summed E-state index contributed by atoms with van der Waals surface area (Å²) >= 11 is 0. The molecular formula is C19H40NO2+. The second kappa shape index (κ2) is 16.8. The third-order valence-corrected chi connectivity index (χ3v) is 4.45. The third-order valence-electron chi connectivity index (χ3n) is 4.45. The van der Waals surface area contributed by atoms with E-state index >= 15 is 0 Å². The van der Waals surface area contributed by atoms with Crippen LogP contribution in [0.5, 0.6) is 0 Å². The molecule has 0 radical (unpaired) electrons. The highest BCUT2D eigenvalue weighted by atomic mass is 16.4. The van der Waals surface area contributed by atoms with Crippen LogP contribution in [0.15, 0.2) is 0 Å². The third kappa shape index (κ3) is 17.5. The van der Waals surface area contributed by atoms with Gasteiger partial charge in [0.1, 0.15) is 0 Å². The lowest BCUT2D eigenvalue weighted by Gasteiger charge is -2.13. The predicted octanol–water partition coefficient (Wildman–Crippen LogP) is 4.07. The topological polar surface area (TPSA) is 41.7 Å². The van der Waals surface area contributed by atoms with E-state index in [0.29, 0.717) is 6.42 Å². The molecule has 0 aliphatic heterocycles. The molecule has 0 amide bonds. The second-order valence-electron chi connectivity index (χ2n) is 6.84. The maximum Gasteiger partial charge on any atom is 0.303 e. The minimum atomic E-state index is -0.668. The Morgan fingerprint density at radius 1 is 0.727 bits per heavy atom. The van der Waals surface area contributed by atoms with Crippen molar-refractivity contribution >= 4 is 5.97 Å². The minimum Gasteiger partial charge on any atom is -0.481 e. The van der Waals surface area contributed by atoms with E-state index in [9.17, 15) is 4.79 Å². The first-order chi connectivity index (χ1) is 10.7.